The molecule has 1 aromatic heterocycles. The molecule has 1 unspecified atom stereocenters. The van der Waals surface area contributed by atoms with Gasteiger partial charge in [-0.1, -0.05) is 23.2 Å². The second-order valence-electron chi connectivity index (χ2n) is 3.99. The standard InChI is InChI=1S/C11H15Cl2N3O/c1-7-6-17-4-3-16(7)11-9(13)5-8(12)10(14-2)15-11/h5,7H,3-4,6H2,1-2H3,(H,14,15). The van der Waals surface area contributed by atoms with Crippen LogP contribution in [0.5, 0.6) is 0 Å². The van der Waals surface area contributed by atoms with Gasteiger partial charge in [-0.25, -0.2) is 4.98 Å². The minimum atomic E-state index is 0.264. The van der Waals surface area contributed by atoms with Gasteiger partial charge in [0.25, 0.3) is 0 Å². The molecule has 2 rings (SSSR count). The molecule has 1 N–H and O–H groups in total. The van der Waals surface area contributed by atoms with E-state index in [1.54, 1.807) is 13.1 Å². The van der Waals surface area contributed by atoms with Gasteiger partial charge in [0, 0.05) is 13.6 Å². The molecular weight excluding hydrogens is 261 g/mol. The number of nitrogens with one attached hydrogen (secondary N) is 1. The summed E-state index contributed by atoms with van der Waals surface area (Å²) in [5, 5.41) is 4.06. The normalized spacial score (nSPS) is 20.5. The number of rotatable bonds is 2. The fourth-order valence-corrected chi connectivity index (χ4v) is 2.44. The highest BCUT2D eigenvalue weighted by molar-refractivity contribution is 6.37. The van der Waals surface area contributed by atoms with Crippen molar-refractivity contribution in [2.75, 3.05) is 37.0 Å². The van der Waals surface area contributed by atoms with Gasteiger partial charge in [0.05, 0.1) is 29.3 Å². The molecule has 0 aliphatic carbocycles. The third-order valence-corrected chi connectivity index (χ3v) is 3.35. The molecule has 2 heterocycles. The van der Waals surface area contributed by atoms with Gasteiger partial charge in [-0.05, 0) is 13.0 Å². The number of ether oxygens (including phenoxy) is 1. The molecule has 4 nitrogen and oxygen atoms in total. The van der Waals surface area contributed by atoms with E-state index < -0.39 is 0 Å². The lowest BCUT2D eigenvalue weighted by Gasteiger charge is -2.35. The molecule has 0 radical (unpaired) electrons. The van der Waals surface area contributed by atoms with Crippen LogP contribution in [0.4, 0.5) is 11.6 Å². The maximum absolute atomic E-state index is 6.20. The Morgan fingerprint density at radius 3 is 2.88 bits per heavy atom. The van der Waals surface area contributed by atoms with Crippen molar-refractivity contribution in [2.24, 2.45) is 0 Å². The zero-order chi connectivity index (χ0) is 12.4. The van der Waals surface area contributed by atoms with Gasteiger partial charge in [-0.2, -0.15) is 0 Å². The maximum atomic E-state index is 6.20. The van der Waals surface area contributed by atoms with E-state index >= 15 is 0 Å². The lowest BCUT2D eigenvalue weighted by Crippen LogP contribution is -2.44. The van der Waals surface area contributed by atoms with Crippen molar-refractivity contribution in [1.29, 1.82) is 0 Å². The first kappa shape index (κ1) is 12.7. The minimum absolute atomic E-state index is 0.264. The first-order valence-electron chi connectivity index (χ1n) is 5.51. The van der Waals surface area contributed by atoms with E-state index in [0.29, 0.717) is 29.1 Å². The van der Waals surface area contributed by atoms with Gasteiger partial charge in [0.1, 0.15) is 11.6 Å². The molecule has 17 heavy (non-hydrogen) atoms. The summed E-state index contributed by atoms with van der Waals surface area (Å²) in [6.45, 7) is 4.26. The zero-order valence-electron chi connectivity index (χ0n) is 9.83. The molecule has 0 saturated carbocycles. The fourth-order valence-electron chi connectivity index (χ4n) is 1.88. The van der Waals surface area contributed by atoms with Gasteiger partial charge in [-0.15, -0.1) is 0 Å². The van der Waals surface area contributed by atoms with Crippen LogP contribution < -0.4 is 10.2 Å². The molecule has 0 amide bonds. The monoisotopic (exact) mass is 275 g/mol. The molecule has 0 aromatic carbocycles. The predicted octanol–water partition coefficient (Wildman–Crippen LogP) is 2.66. The van der Waals surface area contributed by atoms with Crippen LogP contribution >= 0.6 is 23.2 Å². The van der Waals surface area contributed by atoms with E-state index in [2.05, 4.69) is 22.1 Å². The third-order valence-electron chi connectivity index (χ3n) is 2.79. The first-order chi connectivity index (χ1) is 8.13. The summed E-state index contributed by atoms with van der Waals surface area (Å²) >= 11 is 12.2. The molecule has 1 atom stereocenters. The van der Waals surface area contributed by atoms with Crippen molar-refractivity contribution in [3.8, 4) is 0 Å². The van der Waals surface area contributed by atoms with E-state index in [-0.39, 0.29) is 6.04 Å². The summed E-state index contributed by atoms with van der Waals surface area (Å²) in [5.41, 5.74) is 0. The summed E-state index contributed by atoms with van der Waals surface area (Å²) in [6.07, 6.45) is 0. The Kier molecular flexibility index (Phi) is 3.97. The predicted molar refractivity (Wildman–Crippen MR) is 71.4 cm³/mol. The van der Waals surface area contributed by atoms with E-state index in [1.807, 2.05) is 0 Å². The van der Waals surface area contributed by atoms with Gasteiger partial charge >= 0.3 is 0 Å². The van der Waals surface area contributed by atoms with Crippen LogP contribution in [0, 0.1) is 0 Å². The van der Waals surface area contributed by atoms with Crippen molar-refractivity contribution < 1.29 is 4.74 Å². The molecule has 0 spiro atoms. The SMILES string of the molecule is CNc1nc(N2CCOCC2C)c(Cl)cc1Cl. The molecule has 94 valence electrons. The van der Waals surface area contributed by atoms with E-state index in [0.717, 1.165) is 12.4 Å². The van der Waals surface area contributed by atoms with Gasteiger partial charge in [-0.3, -0.25) is 0 Å². The largest absolute Gasteiger partial charge is 0.377 e. The highest BCUT2D eigenvalue weighted by atomic mass is 35.5. The summed E-state index contributed by atoms with van der Waals surface area (Å²) in [6, 6.07) is 1.99. The van der Waals surface area contributed by atoms with Crippen LogP contribution in [0.2, 0.25) is 10.0 Å². The third kappa shape index (κ3) is 2.59. The lowest BCUT2D eigenvalue weighted by atomic mass is 10.2. The van der Waals surface area contributed by atoms with Crippen molar-refractivity contribution in [1.82, 2.24) is 4.98 Å². The molecule has 1 saturated heterocycles. The Labute approximate surface area is 111 Å². The number of halogens is 2. The number of hydrogen-bond donors (Lipinski definition) is 1. The van der Waals surface area contributed by atoms with Gasteiger partial charge < -0.3 is 15.0 Å². The molecule has 1 aliphatic heterocycles. The quantitative estimate of drug-likeness (QED) is 0.901. The number of nitrogens with zero attached hydrogens (tertiary/aromatic N) is 2. The lowest BCUT2D eigenvalue weighted by molar-refractivity contribution is 0.0985. The second-order valence-corrected chi connectivity index (χ2v) is 4.81. The van der Waals surface area contributed by atoms with Crippen LogP contribution in [-0.2, 0) is 4.74 Å². The maximum Gasteiger partial charge on any atom is 0.150 e. The van der Waals surface area contributed by atoms with Crippen molar-refractivity contribution in [3.63, 3.8) is 0 Å². The van der Waals surface area contributed by atoms with Crippen LogP contribution in [-0.4, -0.2) is 37.8 Å². The van der Waals surface area contributed by atoms with Crippen molar-refractivity contribution >= 4 is 34.8 Å². The number of aromatic nitrogens is 1. The smallest absolute Gasteiger partial charge is 0.150 e. The summed E-state index contributed by atoms with van der Waals surface area (Å²) in [4.78, 5) is 6.60. The van der Waals surface area contributed by atoms with Gasteiger partial charge in [0.2, 0.25) is 0 Å². The summed E-state index contributed by atoms with van der Waals surface area (Å²) in [5.74, 6) is 1.40. The van der Waals surface area contributed by atoms with E-state index in [9.17, 15) is 0 Å². The average molecular weight is 276 g/mol. The Bertz CT molecular complexity index is 414. The van der Waals surface area contributed by atoms with E-state index in [1.165, 1.54) is 0 Å². The zero-order valence-corrected chi connectivity index (χ0v) is 11.3. The van der Waals surface area contributed by atoms with Crippen LogP contribution in [0.3, 0.4) is 0 Å². The summed E-state index contributed by atoms with van der Waals surface area (Å²) < 4.78 is 5.40. The number of morpholine rings is 1. The Morgan fingerprint density at radius 1 is 1.47 bits per heavy atom. The van der Waals surface area contributed by atoms with Crippen LogP contribution in [0.15, 0.2) is 6.07 Å². The number of anilines is 2. The number of hydrogen-bond acceptors (Lipinski definition) is 4. The average Bonchev–Trinajstić information content (AvgIpc) is 2.31. The highest BCUT2D eigenvalue weighted by Gasteiger charge is 2.23. The van der Waals surface area contributed by atoms with Crippen LogP contribution in [0.1, 0.15) is 6.92 Å². The van der Waals surface area contributed by atoms with Crippen molar-refractivity contribution in [2.45, 2.75) is 13.0 Å². The summed E-state index contributed by atoms with van der Waals surface area (Å²) in [7, 11) is 1.79. The van der Waals surface area contributed by atoms with Crippen LogP contribution in [0.25, 0.3) is 0 Å². The molecular formula is C11H15Cl2N3O. The first-order valence-corrected chi connectivity index (χ1v) is 6.27. The Morgan fingerprint density at radius 2 is 2.24 bits per heavy atom. The molecule has 1 aromatic rings. The minimum Gasteiger partial charge on any atom is -0.377 e. The number of pyridine rings is 1. The molecule has 6 heteroatoms. The van der Waals surface area contributed by atoms with Gasteiger partial charge in [0.15, 0.2) is 0 Å². The molecule has 1 fully saturated rings. The topological polar surface area (TPSA) is 37.4 Å². The Balaban J connectivity index is 2.36. The van der Waals surface area contributed by atoms with Crippen molar-refractivity contribution in [3.05, 3.63) is 16.1 Å². The molecule has 0 bridgehead atoms. The Hall–Kier alpha value is -0.710. The molecule has 1 aliphatic rings. The second kappa shape index (κ2) is 5.29. The highest BCUT2D eigenvalue weighted by Crippen LogP contribution is 2.32. The fraction of sp³-hybridized carbons (Fsp3) is 0.545. The van der Waals surface area contributed by atoms with E-state index in [4.69, 9.17) is 27.9 Å².